The second-order valence-corrected chi connectivity index (χ2v) is 8.28. The average molecular weight is 411 g/mol. The summed E-state index contributed by atoms with van der Waals surface area (Å²) in [6.07, 6.45) is 19.1. The number of carbonyl (C=O) groups is 2. The normalized spacial score (nSPS) is 10.6. The van der Waals surface area contributed by atoms with E-state index in [0.717, 1.165) is 50.5 Å². The summed E-state index contributed by atoms with van der Waals surface area (Å²) in [7, 11) is 0. The Balaban J connectivity index is 3.29. The average Bonchev–Trinajstić information content (AvgIpc) is 2.68. The fourth-order valence-electron chi connectivity index (χ4n) is 3.11. The van der Waals surface area contributed by atoms with Gasteiger partial charge in [0.25, 0.3) is 0 Å². The Morgan fingerprint density at radius 1 is 0.621 bits per heavy atom. The maximum atomic E-state index is 11.7. The molecule has 0 aromatic carbocycles. The molecule has 0 saturated heterocycles. The van der Waals surface area contributed by atoms with E-state index in [4.69, 9.17) is 9.47 Å². The Hall–Kier alpha value is -1.32. The molecule has 0 aromatic heterocycles. The summed E-state index contributed by atoms with van der Waals surface area (Å²) in [5, 5.41) is 0. The SMILES string of the molecule is CCCCCCCCCCOC(=O)CCCCCCCCC(=O)OCC=C(C)C. The molecule has 0 heterocycles. The number of allylic oxidation sites excluding steroid dienone is 1. The van der Waals surface area contributed by atoms with Crippen molar-refractivity contribution < 1.29 is 19.1 Å². The highest BCUT2D eigenvalue weighted by molar-refractivity contribution is 5.69. The molecule has 0 aliphatic carbocycles. The second kappa shape index (κ2) is 21.4. The molecular weight excluding hydrogens is 364 g/mol. The molecule has 4 heteroatoms. The lowest BCUT2D eigenvalue weighted by atomic mass is 10.1. The van der Waals surface area contributed by atoms with Crippen LogP contribution in [-0.2, 0) is 19.1 Å². The quantitative estimate of drug-likeness (QED) is 0.120. The van der Waals surface area contributed by atoms with Crippen molar-refractivity contribution in [3.05, 3.63) is 11.6 Å². The Bertz CT molecular complexity index is 425. The lowest BCUT2D eigenvalue weighted by Crippen LogP contribution is -2.05. The van der Waals surface area contributed by atoms with Crippen molar-refractivity contribution in [1.82, 2.24) is 0 Å². The number of ether oxygens (including phenoxy) is 2. The van der Waals surface area contributed by atoms with Crippen LogP contribution in [0.5, 0.6) is 0 Å². The van der Waals surface area contributed by atoms with Gasteiger partial charge < -0.3 is 9.47 Å². The predicted octanol–water partition coefficient (Wildman–Crippen LogP) is 7.30. The third-order valence-electron chi connectivity index (χ3n) is 5.01. The Kier molecular flexibility index (Phi) is 20.4. The fourth-order valence-corrected chi connectivity index (χ4v) is 3.11. The molecule has 0 aliphatic rings. The van der Waals surface area contributed by atoms with E-state index < -0.39 is 0 Å². The first-order valence-corrected chi connectivity index (χ1v) is 12.0. The van der Waals surface area contributed by atoms with Gasteiger partial charge in [0.15, 0.2) is 0 Å². The summed E-state index contributed by atoms with van der Waals surface area (Å²) < 4.78 is 10.4. The van der Waals surface area contributed by atoms with Gasteiger partial charge in [0.05, 0.1) is 6.61 Å². The summed E-state index contributed by atoms with van der Waals surface area (Å²) in [6.45, 7) is 7.19. The van der Waals surface area contributed by atoms with Crippen LogP contribution in [0.15, 0.2) is 11.6 Å². The van der Waals surface area contributed by atoms with Crippen molar-refractivity contribution in [2.75, 3.05) is 13.2 Å². The van der Waals surface area contributed by atoms with Crippen LogP contribution in [0.2, 0.25) is 0 Å². The highest BCUT2D eigenvalue weighted by Gasteiger charge is 2.04. The highest BCUT2D eigenvalue weighted by Crippen LogP contribution is 2.11. The van der Waals surface area contributed by atoms with Crippen LogP contribution in [0.3, 0.4) is 0 Å². The minimum absolute atomic E-state index is 0.0490. The van der Waals surface area contributed by atoms with Gasteiger partial charge in [0.1, 0.15) is 6.61 Å². The van der Waals surface area contributed by atoms with Crippen LogP contribution >= 0.6 is 0 Å². The van der Waals surface area contributed by atoms with Crippen molar-refractivity contribution >= 4 is 11.9 Å². The van der Waals surface area contributed by atoms with Gasteiger partial charge in [-0.2, -0.15) is 0 Å². The first kappa shape index (κ1) is 27.7. The van der Waals surface area contributed by atoms with Crippen molar-refractivity contribution in [3.8, 4) is 0 Å². The summed E-state index contributed by atoms with van der Waals surface area (Å²) in [6, 6.07) is 0. The van der Waals surface area contributed by atoms with E-state index in [2.05, 4.69) is 6.92 Å². The van der Waals surface area contributed by atoms with Gasteiger partial charge in [-0.1, -0.05) is 83.1 Å². The minimum Gasteiger partial charge on any atom is -0.466 e. The molecule has 0 saturated carbocycles. The molecule has 0 bridgehead atoms. The van der Waals surface area contributed by atoms with E-state index in [1.165, 1.54) is 44.9 Å². The number of esters is 2. The molecule has 0 aliphatic heterocycles. The molecule has 0 aromatic rings. The molecule has 0 unspecified atom stereocenters. The van der Waals surface area contributed by atoms with E-state index in [9.17, 15) is 9.59 Å². The van der Waals surface area contributed by atoms with Crippen LogP contribution in [-0.4, -0.2) is 25.2 Å². The highest BCUT2D eigenvalue weighted by atomic mass is 16.5. The maximum Gasteiger partial charge on any atom is 0.306 e. The monoisotopic (exact) mass is 410 g/mol. The molecule has 0 rings (SSSR count). The summed E-state index contributed by atoms with van der Waals surface area (Å²) in [4.78, 5) is 23.2. The van der Waals surface area contributed by atoms with E-state index in [1.54, 1.807) is 0 Å². The van der Waals surface area contributed by atoms with Crippen LogP contribution in [0.4, 0.5) is 0 Å². The number of unbranched alkanes of at least 4 members (excludes halogenated alkanes) is 12. The summed E-state index contributed by atoms with van der Waals surface area (Å²) in [5.41, 5.74) is 1.16. The van der Waals surface area contributed by atoms with E-state index in [1.807, 2.05) is 19.9 Å². The zero-order valence-corrected chi connectivity index (χ0v) is 19.4. The van der Waals surface area contributed by atoms with Gasteiger partial charge in [0.2, 0.25) is 0 Å². The standard InChI is InChI=1S/C25H46O4/c1-4-5-6-7-8-11-14-17-21-28-24(26)18-15-12-9-10-13-16-19-25(27)29-22-20-23(2)3/h20H,4-19,21-22H2,1-3H3. The third-order valence-corrected chi connectivity index (χ3v) is 5.01. The Labute approximate surface area is 179 Å². The Morgan fingerprint density at radius 2 is 1.07 bits per heavy atom. The van der Waals surface area contributed by atoms with Gasteiger partial charge in [-0.3, -0.25) is 9.59 Å². The topological polar surface area (TPSA) is 52.6 Å². The van der Waals surface area contributed by atoms with Crippen LogP contribution in [0, 0.1) is 0 Å². The largest absolute Gasteiger partial charge is 0.466 e. The predicted molar refractivity (Wildman–Crippen MR) is 121 cm³/mol. The van der Waals surface area contributed by atoms with Gasteiger partial charge in [-0.05, 0) is 39.2 Å². The molecule has 0 amide bonds. The zero-order valence-electron chi connectivity index (χ0n) is 19.4. The minimum atomic E-state index is -0.110. The molecule has 0 N–H and O–H groups in total. The first-order valence-electron chi connectivity index (χ1n) is 12.0. The molecule has 4 nitrogen and oxygen atoms in total. The van der Waals surface area contributed by atoms with Gasteiger partial charge in [-0.25, -0.2) is 0 Å². The zero-order chi connectivity index (χ0) is 21.6. The molecule has 0 atom stereocenters. The van der Waals surface area contributed by atoms with Crippen molar-refractivity contribution in [2.24, 2.45) is 0 Å². The lowest BCUT2D eigenvalue weighted by Gasteiger charge is -2.05. The van der Waals surface area contributed by atoms with Gasteiger partial charge in [0, 0.05) is 12.8 Å². The smallest absolute Gasteiger partial charge is 0.306 e. The molecule has 0 fully saturated rings. The molecule has 170 valence electrons. The van der Waals surface area contributed by atoms with Gasteiger partial charge in [-0.15, -0.1) is 0 Å². The summed E-state index contributed by atoms with van der Waals surface area (Å²) in [5.74, 6) is -0.159. The molecule has 29 heavy (non-hydrogen) atoms. The Morgan fingerprint density at radius 3 is 1.59 bits per heavy atom. The maximum absolute atomic E-state index is 11.7. The molecule has 0 spiro atoms. The molecular formula is C25H46O4. The number of hydrogen-bond donors (Lipinski definition) is 0. The van der Waals surface area contributed by atoms with Crippen molar-refractivity contribution in [2.45, 2.75) is 124 Å². The van der Waals surface area contributed by atoms with Gasteiger partial charge >= 0.3 is 11.9 Å². The van der Waals surface area contributed by atoms with Crippen LogP contribution < -0.4 is 0 Å². The first-order chi connectivity index (χ1) is 14.1. The lowest BCUT2D eigenvalue weighted by molar-refractivity contribution is -0.144. The second-order valence-electron chi connectivity index (χ2n) is 8.28. The number of rotatable bonds is 20. The van der Waals surface area contributed by atoms with E-state index >= 15 is 0 Å². The van der Waals surface area contributed by atoms with E-state index in [-0.39, 0.29) is 11.9 Å². The summed E-state index contributed by atoms with van der Waals surface area (Å²) >= 11 is 0. The third kappa shape index (κ3) is 22.8. The van der Waals surface area contributed by atoms with Crippen LogP contribution in [0.1, 0.15) is 124 Å². The molecule has 0 radical (unpaired) electrons. The van der Waals surface area contributed by atoms with Crippen molar-refractivity contribution in [1.29, 1.82) is 0 Å². The van der Waals surface area contributed by atoms with Crippen LogP contribution in [0.25, 0.3) is 0 Å². The number of carbonyl (C=O) groups excluding carboxylic acids is 2. The fraction of sp³-hybridized carbons (Fsp3) is 0.840. The number of hydrogen-bond acceptors (Lipinski definition) is 4. The van der Waals surface area contributed by atoms with Crippen molar-refractivity contribution in [3.63, 3.8) is 0 Å². The van der Waals surface area contributed by atoms with E-state index in [0.29, 0.717) is 26.1 Å².